The number of fused-ring (bicyclic) bond motifs is 1. The number of rotatable bonds is 2. The summed E-state index contributed by atoms with van der Waals surface area (Å²) in [4.78, 5) is 17.6. The van der Waals surface area contributed by atoms with Crippen molar-refractivity contribution < 1.29 is 9.18 Å². The van der Waals surface area contributed by atoms with Crippen LogP contribution in [-0.2, 0) is 13.0 Å². The molecule has 0 radical (unpaired) electrons. The molecule has 5 heteroatoms. The molecule has 0 aliphatic carbocycles. The molecular weight excluding hydrogens is 251 g/mol. The molecule has 0 bridgehead atoms. The molecule has 0 atom stereocenters. The number of aromatic nitrogens is 1. The topological polar surface area (TPSA) is 42.0 Å². The van der Waals surface area contributed by atoms with Gasteiger partial charge in [-0.3, -0.25) is 4.79 Å². The summed E-state index contributed by atoms with van der Waals surface area (Å²) in [6.07, 6.45) is 0.830. The average molecular weight is 262 g/mol. The highest BCUT2D eigenvalue weighted by molar-refractivity contribution is 7.14. The predicted octanol–water partition coefficient (Wildman–Crippen LogP) is 2.16. The molecule has 2 aromatic rings. The highest BCUT2D eigenvalue weighted by Crippen LogP contribution is 2.24. The van der Waals surface area contributed by atoms with E-state index in [2.05, 4.69) is 10.3 Å². The van der Waals surface area contributed by atoms with E-state index in [9.17, 15) is 9.18 Å². The predicted molar refractivity (Wildman–Crippen MR) is 67.4 cm³/mol. The minimum absolute atomic E-state index is 0.0940. The molecule has 3 nitrogen and oxygen atoms in total. The van der Waals surface area contributed by atoms with E-state index in [1.807, 2.05) is 0 Å². The highest BCUT2D eigenvalue weighted by atomic mass is 32.1. The third-order valence-electron chi connectivity index (χ3n) is 2.92. The average Bonchev–Trinajstić information content (AvgIpc) is 2.82. The maximum atomic E-state index is 13.6. The molecule has 1 N–H and O–H groups in total. The smallest absolute Gasteiger partial charge is 0.224 e. The van der Waals surface area contributed by atoms with Crippen LogP contribution in [0.5, 0.6) is 0 Å². The Labute approximate surface area is 108 Å². The van der Waals surface area contributed by atoms with E-state index in [1.165, 1.54) is 23.5 Å². The van der Waals surface area contributed by atoms with Crippen LogP contribution in [0.25, 0.3) is 0 Å². The third-order valence-corrected chi connectivity index (χ3v) is 4.01. The number of ketones is 1. The van der Waals surface area contributed by atoms with Gasteiger partial charge in [0.15, 0.2) is 5.01 Å². The molecule has 0 saturated carbocycles. The van der Waals surface area contributed by atoms with Crippen molar-refractivity contribution in [3.8, 4) is 0 Å². The van der Waals surface area contributed by atoms with Crippen LogP contribution in [-0.4, -0.2) is 17.3 Å². The molecule has 1 aromatic carbocycles. The Hall–Kier alpha value is -1.59. The second-order valence-corrected chi connectivity index (χ2v) is 5.21. The van der Waals surface area contributed by atoms with Gasteiger partial charge in [0, 0.05) is 24.4 Å². The van der Waals surface area contributed by atoms with E-state index >= 15 is 0 Å². The third kappa shape index (κ3) is 1.95. The summed E-state index contributed by atoms with van der Waals surface area (Å²) in [5.74, 6) is -0.818. The Morgan fingerprint density at radius 3 is 3.00 bits per heavy atom. The zero-order chi connectivity index (χ0) is 12.5. The fourth-order valence-electron chi connectivity index (χ4n) is 1.98. The van der Waals surface area contributed by atoms with E-state index in [4.69, 9.17) is 0 Å². The monoisotopic (exact) mass is 262 g/mol. The van der Waals surface area contributed by atoms with Crippen molar-refractivity contribution >= 4 is 17.1 Å². The van der Waals surface area contributed by atoms with Gasteiger partial charge < -0.3 is 5.32 Å². The molecule has 2 heterocycles. The highest BCUT2D eigenvalue weighted by Gasteiger charge is 2.21. The van der Waals surface area contributed by atoms with Crippen molar-refractivity contribution in [3.63, 3.8) is 0 Å². The van der Waals surface area contributed by atoms with Crippen molar-refractivity contribution in [2.75, 3.05) is 6.54 Å². The van der Waals surface area contributed by atoms with Crippen LogP contribution >= 0.6 is 11.3 Å². The quantitative estimate of drug-likeness (QED) is 0.843. The van der Waals surface area contributed by atoms with Gasteiger partial charge in [-0.15, -0.1) is 11.3 Å². The van der Waals surface area contributed by atoms with E-state index in [-0.39, 0.29) is 11.3 Å². The molecule has 1 aliphatic rings. The van der Waals surface area contributed by atoms with Crippen molar-refractivity contribution in [1.29, 1.82) is 0 Å². The molecule has 0 fully saturated rings. The van der Waals surface area contributed by atoms with Crippen molar-refractivity contribution in [3.05, 3.63) is 51.2 Å². The molecule has 0 unspecified atom stereocenters. The van der Waals surface area contributed by atoms with Gasteiger partial charge in [0.25, 0.3) is 0 Å². The number of hydrogen-bond acceptors (Lipinski definition) is 4. The number of thiazole rings is 1. The fraction of sp³-hybridized carbons (Fsp3) is 0.231. The SMILES string of the molecule is O=C(c1nc2c(s1)CNCC2)c1ccccc1F. The van der Waals surface area contributed by atoms with Gasteiger partial charge >= 0.3 is 0 Å². The molecule has 1 aromatic heterocycles. The lowest BCUT2D eigenvalue weighted by Crippen LogP contribution is -2.22. The normalized spacial score (nSPS) is 14.3. The van der Waals surface area contributed by atoms with Gasteiger partial charge in [-0.2, -0.15) is 0 Å². The Bertz CT molecular complexity index is 585. The number of benzene rings is 1. The zero-order valence-electron chi connectivity index (χ0n) is 9.57. The Balaban J connectivity index is 1.98. The lowest BCUT2D eigenvalue weighted by molar-refractivity contribution is 0.103. The first-order chi connectivity index (χ1) is 8.75. The lowest BCUT2D eigenvalue weighted by Gasteiger charge is -2.09. The first-order valence-corrected chi connectivity index (χ1v) is 6.56. The second kappa shape index (κ2) is 4.59. The molecule has 0 saturated heterocycles. The van der Waals surface area contributed by atoms with Gasteiger partial charge in [0.1, 0.15) is 5.82 Å². The number of halogens is 1. The van der Waals surface area contributed by atoms with Crippen molar-refractivity contribution in [2.24, 2.45) is 0 Å². The Morgan fingerprint density at radius 2 is 2.22 bits per heavy atom. The van der Waals surface area contributed by atoms with Gasteiger partial charge in [-0.1, -0.05) is 12.1 Å². The van der Waals surface area contributed by atoms with Gasteiger partial charge in [0.2, 0.25) is 5.78 Å². The van der Waals surface area contributed by atoms with E-state index in [0.717, 1.165) is 30.1 Å². The Morgan fingerprint density at radius 1 is 1.39 bits per heavy atom. The van der Waals surface area contributed by atoms with Crippen LogP contribution in [0.15, 0.2) is 24.3 Å². The van der Waals surface area contributed by atoms with E-state index in [0.29, 0.717) is 5.01 Å². The first-order valence-electron chi connectivity index (χ1n) is 5.74. The molecular formula is C13H11FN2OS. The fourth-order valence-corrected chi connectivity index (χ4v) is 3.01. The number of nitrogens with zero attached hydrogens (tertiary/aromatic N) is 1. The van der Waals surface area contributed by atoms with Crippen LogP contribution in [0.3, 0.4) is 0 Å². The molecule has 3 rings (SSSR count). The summed E-state index contributed by atoms with van der Waals surface area (Å²) in [6, 6.07) is 6.02. The van der Waals surface area contributed by atoms with Crippen LogP contribution in [0, 0.1) is 5.82 Å². The first kappa shape index (κ1) is 11.5. The number of hydrogen-bond donors (Lipinski definition) is 1. The maximum Gasteiger partial charge on any atom is 0.224 e. The minimum Gasteiger partial charge on any atom is -0.311 e. The summed E-state index contributed by atoms with van der Waals surface area (Å²) in [6.45, 7) is 1.63. The second-order valence-electron chi connectivity index (χ2n) is 4.12. The Kier molecular flexibility index (Phi) is 2.93. The van der Waals surface area contributed by atoms with E-state index in [1.54, 1.807) is 12.1 Å². The summed E-state index contributed by atoms with van der Waals surface area (Å²) in [5.41, 5.74) is 1.06. The standard InChI is InChI=1S/C13H11FN2OS/c14-9-4-2-1-3-8(9)12(17)13-16-10-5-6-15-7-11(10)18-13/h1-4,15H,5-7H2. The summed E-state index contributed by atoms with van der Waals surface area (Å²) >= 11 is 1.36. The van der Waals surface area contributed by atoms with Crippen LogP contribution < -0.4 is 5.32 Å². The van der Waals surface area contributed by atoms with Crippen LogP contribution in [0.4, 0.5) is 4.39 Å². The molecule has 92 valence electrons. The zero-order valence-corrected chi connectivity index (χ0v) is 10.4. The lowest BCUT2D eigenvalue weighted by atomic mass is 10.1. The minimum atomic E-state index is -0.492. The summed E-state index contributed by atoms with van der Waals surface area (Å²) in [7, 11) is 0. The maximum absolute atomic E-state index is 13.6. The van der Waals surface area contributed by atoms with Crippen molar-refractivity contribution in [2.45, 2.75) is 13.0 Å². The largest absolute Gasteiger partial charge is 0.311 e. The molecule has 0 amide bonds. The molecule has 0 spiro atoms. The summed E-state index contributed by atoms with van der Waals surface area (Å²) in [5, 5.41) is 3.61. The number of carbonyl (C=O) groups is 1. The van der Waals surface area contributed by atoms with Crippen LogP contribution in [0.2, 0.25) is 0 Å². The molecule has 1 aliphatic heterocycles. The van der Waals surface area contributed by atoms with Crippen LogP contribution in [0.1, 0.15) is 25.9 Å². The van der Waals surface area contributed by atoms with Gasteiger partial charge in [-0.05, 0) is 12.1 Å². The van der Waals surface area contributed by atoms with Gasteiger partial charge in [-0.25, -0.2) is 9.37 Å². The van der Waals surface area contributed by atoms with Crippen molar-refractivity contribution in [1.82, 2.24) is 10.3 Å². The molecule has 18 heavy (non-hydrogen) atoms. The summed E-state index contributed by atoms with van der Waals surface area (Å²) < 4.78 is 13.6. The van der Waals surface area contributed by atoms with E-state index < -0.39 is 5.82 Å². The number of carbonyl (C=O) groups excluding carboxylic acids is 1. The number of nitrogens with one attached hydrogen (secondary N) is 1. The van der Waals surface area contributed by atoms with Gasteiger partial charge in [0.05, 0.1) is 11.3 Å².